The van der Waals surface area contributed by atoms with E-state index in [-0.39, 0.29) is 17.4 Å². The van der Waals surface area contributed by atoms with Gasteiger partial charge in [0.1, 0.15) is 11.6 Å². The van der Waals surface area contributed by atoms with Gasteiger partial charge in [-0.05, 0) is 55.2 Å². The molecule has 1 unspecified atom stereocenters. The topological polar surface area (TPSA) is 85.5 Å². The molecule has 1 atom stereocenters. The van der Waals surface area contributed by atoms with Crippen LogP contribution >= 0.6 is 0 Å². The number of likely N-dealkylation sites (tertiary alicyclic amines) is 1. The summed E-state index contributed by atoms with van der Waals surface area (Å²) in [5.74, 6) is -0.259. The molecule has 2 amide bonds. The normalized spacial score (nSPS) is 16.2. The summed E-state index contributed by atoms with van der Waals surface area (Å²) < 4.78 is 19.0. The van der Waals surface area contributed by atoms with Crippen LogP contribution in [0.4, 0.5) is 4.39 Å². The Balaban J connectivity index is 1.52. The number of amides is 2. The van der Waals surface area contributed by atoms with E-state index in [1.165, 1.54) is 12.1 Å². The van der Waals surface area contributed by atoms with Crippen LogP contribution in [0.1, 0.15) is 46.8 Å². The minimum atomic E-state index is -0.599. The number of para-hydroxylation sites is 1. The van der Waals surface area contributed by atoms with Gasteiger partial charge < -0.3 is 15.4 Å². The van der Waals surface area contributed by atoms with Gasteiger partial charge in [-0.2, -0.15) is 0 Å². The predicted molar refractivity (Wildman–Crippen MR) is 120 cm³/mol. The third-order valence-electron chi connectivity index (χ3n) is 6.03. The minimum Gasteiger partial charge on any atom is -0.496 e. The molecule has 0 spiro atoms. The van der Waals surface area contributed by atoms with Gasteiger partial charge in [0.25, 0.3) is 5.91 Å². The average Bonchev–Trinajstić information content (AvgIpc) is 2.81. The second-order valence-corrected chi connectivity index (χ2v) is 8.11. The Morgan fingerprint density at radius 3 is 2.81 bits per heavy atom. The monoisotopic (exact) mass is 435 g/mol. The molecule has 1 saturated heterocycles. The Kier molecular flexibility index (Phi) is 6.35. The maximum Gasteiger partial charge on any atom is 0.250 e. The number of nitrogens with zero attached hydrogens (tertiary/aromatic N) is 2. The number of fused-ring (bicyclic) bond motifs is 1. The Hall–Kier alpha value is -3.48. The van der Waals surface area contributed by atoms with E-state index >= 15 is 0 Å². The summed E-state index contributed by atoms with van der Waals surface area (Å²) in [5.41, 5.74) is 8.09. The average molecular weight is 435 g/mol. The van der Waals surface area contributed by atoms with Crippen molar-refractivity contribution < 1.29 is 18.7 Å². The van der Waals surface area contributed by atoms with Crippen LogP contribution in [0.15, 0.2) is 48.5 Å². The highest BCUT2D eigenvalue weighted by molar-refractivity contribution is 5.98. The number of hydrogen-bond donors (Lipinski definition) is 1. The van der Waals surface area contributed by atoms with Crippen molar-refractivity contribution in [2.75, 3.05) is 20.2 Å². The summed E-state index contributed by atoms with van der Waals surface area (Å²) in [6.07, 6.45) is 2.58. The second-order valence-electron chi connectivity index (χ2n) is 8.11. The smallest absolute Gasteiger partial charge is 0.250 e. The number of methoxy groups -OCH3 is 1. The Morgan fingerprint density at radius 2 is 2.03 bits per heavy atom. The summed E-state index contributed by atoms with van der Waals surface area (Å²) in [6.45, 7) is 1.15. The van der Waals surface area contributed by atoms with Gasteiger partial charge in [-0.25, -0.2) is 4.39 Å². The SMILES string of the molecule is COc1ccccc1CCC(=O)N1CCCC(c2nc3ccc(F)cc3cc2C(N)=O)C1. The number of nitrogens with two attached hydrogens (primary N) is 1. The third kappa shape index (κ3) is 4.56. The van der Waals surface area contributed by atoms with Crippen LogP contribution in [0.5, 0.6) is 5.75 Å². The number of hydrogen-bond acceptors (Lipinski definition) is 4. The number of primary amides is 1. The molecule has 6 nitrogen and oxygen atoms in total. The lowest BCUT2D eigenvalue weighted by molar-refractivity contribution is -0.132. The molecule has 0 radical (unpaired) electrons. The molecule has 1 fully saturated rings. The van der Waals surface area contributed by atoms with E-state index in [9.17, 15) is 14.0 Å². The minimum absolute atomic E-state index is 0.0593. The van der Waals surface area contributed by atoms with Crippen molar-refractivity contribution in [2.24, 2.45) is 5.73 Å². The molecular formula is C25H26FN3O3. The van der Waals surface area contributed by atoms with Gasteiger partial charge in [0, 0.05) is 30.8 Å². The quantitative estimate of drug-likeness (QED) is 0.638. The highest BCUT2D eigenvalue weighted by atomic mass is 19.1. The fraction of sp³-hybridized carbons (Fsp3) is 0.320. The zero-order chi connectivity index (χ0) is 22.7. The number of carbonyl (C=O) groups is 2. The molecule has 0 saturated carbocycles. The van der Waals surface area contributed by atoms with E-state index in [1.807, 2.05) is 29.2 Å². The summed E-state index contributed by atoms with van der Waals surface area (Å²) in [6, 6.07) is 13.6. The molecule has 4 rings (SSSR count). The molecule has 1 aliphatic rings. The summed E-state index contributed by atoms with van der Waals surface area (Å²) in [5, 5.41) is 0.531. The zero-order valence-electron chi connectivity index (χ0n) is 18.0. The molecule has 2 N–H and O–H groups in total. The van der Waals surface area contributed by atoms with Crippen LogP contribution in [-0.4, -0.2) is 41.9 Å². The van der Waals surface area contributed by atoms with Gasteiger partial charge in [0.05, 0.1) is 23.9 Å². The Labute approximate surface area is 186 Å². The predicted octanol–water partition coefficient (Wildman–Crippen LogP) is 3.82. The lowest BCUT2D eigenvalue weighted by Crippen LogP contribution is -2.40. The standard InChI is InChI=1S/C25H26FN3O3/c1-32-22-7-3-2-5-16(22)8-11-23(30)29-12-4-6-17(15-29)24-20(25(27)31)14-18-13-19(26)9-10-21(18)28-24/h2-3,5,7,9-10,13-14,17H,4,6,8,11-12,15H2,1H3,(H2,27,31). The van der Waals surface area contributed by atoms with E-state index in [1.54, 1.807) is 19.2 Å². The van der Waals surface area contributed by atoms with Gasteiger partial charge in [0.2, 0.25) is 5.91 Å². The lowest BCUT2D eigenvalue weighted by Gasteiger charge is -2.33. The number of carbonyl (C=O) groups excluding carboxylic acids is 2. The number of halogens is 1. The molecule has 2 heterocycles. The van der Waals surface area contributed by atoms with Crippen molar-refractivity contribution >= 4 is 22.7 Å². The number of rotatable bonds is 6. The van der Waals surface area contributed by atoms with Crippen LogP contribution in [-0.2, 0) is 11.2 Å². The largest absolute Gasteiger partial charge is 0.496 e. The van der Waals surface area contributed by atoms with Crippen molar-refractivity contribution in [3.8, 4) is 5.75 Å². The number of benzene rings is 2. The number of aromatic nitrogens is 1. The van der Waals surface area contributed by atoms with Crippen LogP contribution in [0.2, 0.25) is 0 Å². The molecule has 3 aromatic rings. The number of piperidine rings is 1. The lowest BCUT2D eigenvalue weighted by atomic mass is 9.90. The summed E-state index contributed by atoms with van der Waals surface area (Å²) in [7, 11) is 1.62. The van der Waals surface area contributed by atoms with Gasteiger partial charge in [0.15, 0.2) is 0 Å². The molecule has 166 valence electrons. The molecule has 7 heteroatoms. The first-order valence-corrected chi connectivity index (χ1v) is 10.8. The van der Waals surface area contributed by atoms with Crippen molar-refractivity contribution in [3.05, 3.63) is 71.2 Å². The van der Waals surface area contributed by atoms with Gasteiger partial charge >= 0.3 is 0 Å². The van der Waals surface area contributed by atoms with Crippen molar-refractivity contribution in [1.29, 1.82) is 0 Å². The van der Waals surface area contributed by atoms with Gasteiger partial charge in [-0.3, -0.25) is 14.6 Å². The highest BCUT2D eigenvalue weighted by Gasteiger charge is 2.28. The molecular weight excluding hydrogens is 409 g/mol. The van der Waals surface area contributed by atoms with Gasteiger partial charge in [-0.15, -0.1) is 0 Å². The van der Waals surface area contributed by atoms with E-state index in [0.29, 0.717) is 42.5 Å². The van der Waals surface area contributed by atoms with Crippen LogP contribution in [0.25, 0.3) is 10.9 Å². The van der Waals surface area contributed by atoms with Crippen LogP contribution in [0, 0.1) is 5.82 Å². The second kappa shape index (κ2) is 9.34. The zero-order valence-corrected chi connectivity index (χ0v) is 18.0. The first-order valence-electron chi connectivity index (χ1n) is 10.8. The van der Waals surface area contributed by atoms with Crippen molar-refractivity contribution in [3.63, 3.8) is 0 Å². The summed E-state index contributed by atoms with van der Waals surface area (Å²) in [4.78, 5) is 31.6. The third-order valence-corrected chi connectivity index (χ3v) is 6.03. The van der Waals surface area contributed by atoms with E-state index in [4.69, 9.17) is 10.5 Å². The number of pyridine rings is 1. The molecule has 32 heavy (non-hydrogen) atoms. The van der Waals surface area contributed by atoms with Crippen LogP contribution < -0.4 is 10.5 Å². The molecule has 1 aromatic heterocycles. The first kappa shape index (κ1) is 21.7. The van der Waals surface area contributed by atoms with E-state index in [0.717, 1.165) is 24.2 Å². The van der Waals surface area contributed by atoms with Gasteiger partial charge in [-0.1, -0.05) is 18.2 Å². The Bertz CT molecular complexity index is 1160. The van der Waals surface area contributed by atoms with Crippen molar-refractivity contribution in [2.45, 2.75) is 31.6 Å². The number of ether oxygens (including phenoxy) is 1. The molecule has 0 aliphatic carbocycles. The van der Waals surface area contributed by atoms with E-state index in [2.05, 4.69) is 4.98 Å². The molecule has 2 aromatic carbocycles. The maximum absolute atomic E-state index is 13.6. The molecule has 0 bridgehead atoms. The Morgan fingerprint density at radius 1 is 1.22 bits per heavy atom. The highest BCUT2D eigenvalue weighted by Crippen LogP contribution is 2.31. The van der Waals surface area contributed by atoms with Crippen molar-refractivity contribution in [1.82, 2.24) is 9.88 Å². The summed E-state index contributed by atoms with van der Waals surface area (Å²) >= 11 is 0. The molecule has 1 aliphatic heterocycles. The fourth-order valence-electron chi connectivity index (χ4n) is 4.41. The maximum atomic E-state index is 13.6. The number of aryl methyl sites for hydroxylation is 1. The fourth-order valence-corrected chi connectivity index (χ4v) is 4.41. The van der Waals surface area contributed by atoms with E-state index < -0.39 is 11.7 Å². The first-order chi connectivity index (χ1) is 15.5. The van der Waals surface area contributed by atoms with Crippen LogP contribution in [0.3, 0.4) is 0 Å².